The molecule has 0 radical (unpaired) electrons. The Kier molecular flexibility index (Phi) is 4.67. The maximum Gasteiger partial charge on any atom is 0.243 e. The van der Waals surface area contributed by atoms with Gasteiger partial charge in [0.05, 0.1) is 0 Å². The highest BCUT2D eigenvalue weighted by molar-refractivity contribution is 5.98. The van der Waals surface area contributed by atoms with Gasteiger partial charge in [0.25, 0.3) is 0 Å². The highest BCUT2D eigenvalue weighted by atomic mass is 16.2. The average Bonchev–Trinajstić information content (AvgIpc) is 3.13. The summed E-state index contributed by atoms with van der Waals surface area (Å²) in [7, 11) is 0. The van der Waals surface area contributed by atoms with Crippen LogP contribution >= 0.6 is 0 Å². The first kappa shape index (κ1) is 17.3. The summed E-state index contributed by atoms with van der Waals surface area (Å²) in [6, 6.07) is 16.9. The molecule has 1 aromatic heterocycles. The van der Waals surface area contributed by atoms with Crippen molar-refractivity contribution in [3.8, 4) is 0 Å². The van der Waals surface area contributed by atoms with Crippen molar-refractivity contribution in [3.63, 3.8) is 0 Å². The van der Waals surface area contributed by atoms with Crippen LogP contribution in [0, 0.1) is 0 Å². The number of carbonyl (C=O) groups excluding carboxylic acids is 2. The minimum absolute atomic E-state index is 0.109. The Hall–Kier alpha value is -3.08. The fourth-order valence-electron chi connectivity index (χ4n) is 3.81. The third-order valence-electron chi connectivity index (χ3n) is 5.39. The standard InChI is InChI=1S/C22H23N3O2/c1-14(17-13-23-18-10-6-5-9-16(17)18)20-22(27)24-19(21(26)25-20)12-11-15-7-3-2-4-8-15/h2-10,13-14,19-20,23H,11-12H2,1H3,(H,24,27)(H,25,26)/t14?,19-,20-/m1/s1. The third kappa shape index (κ3) is 3.45. The van der Waals surface area contributed by atoms with Crippen LogP contribution in [-0.4, -0.2) is 28.9 Å². The van der Waals surface area contributed by atoms with Crippen LogP contribution in [0.2, 0.25) is 0 Å². The normalized spacial score (nSPS) is 20.9. The SMILES string of the molecule is CC(c1c[nH]c2ccccc12)[C@H]1NC(=O)[C@@H](CCc2ccccc2)NC1=O. The molecule has 0 saturated carbocycles. The molecule has 5 heteroatoms. The van der Waals surface area contributed by atoms with E-state index in [1.165, 1.54) is 0 Å². The van der Waals surface area contributed by atoms with Gasteiger partial charge in [-0.1, -0.05) is 55.5 Å². The number of aromatic amines is 1. The Labute approximate surface area is 158 Å². The minimum Gasteiger partial charge on any atom is -0.361 e. The predicted octanol–water partition coefficient (Wildman–Crippen LogP) is 2.89. The number of H-pyrrole nitrogens is 1. The zero-order valence-electron chi connectivity index (χ0n) is 15.2. The summed E-state index contributed by atoms with van der Waals surface area (Å²) in [6.07, 6.45) is 3.27. The summed E-state index contributed by atoms with van der Waals surface area (Å²) < 4.78 is 0. The molecule has 5 nitrogen and oxygen atoms in total. The molecule has 3 atom stereocenters. The van der Waals surface area contributed by atoms with Gasteiger partial charge in [-0.15, -0.1) is 0 Å². The Morgan fingerprint density at radius 1 is 0.926 bits per heavy atom. The van der Waals surface area contributed by atoms with Crippen molar-refractivity contribution in [2.75, 3.05) is 0 Å². The number of hydrogen-bond donors (Lipinski definition) is 3. The number of rotatable bonds is 5. The van der Waals surface area contributed by atoms with Crippen molar-refractivity contribution in [3.05, 3.63) is 71.9 Å². The van der Waals surface area contributed by atoms with Crippen molar-refractivity contribution in [1.29, 1.82) is 0 Å². The van der Waals surface area contributed by atoms with E-state index >= 15 is 0 Å². The molecule has 1 aliphatic heterocycles. The first-order chi connectivity index (χ1) is 13.1. The quantitative estimate of drug-likeness (QED) is 0.654. The summed E-state index contributed by atoms with van der Waals surface area (Å²) in [6.45, 7) is 1.98. The fraction of sp³-hybridized carbons (Fsp3) is 0.273. The molecule has 0 spiro atoms. The molecule has 1 aliphatic rings. The summed E-state index contributed by atoms with van der Waals surface area (Å²) in [5.74, 6) is -0.354. The second kappa shape index (κ2) is 7.27. The zero-order valence-corrected chi connectivity index (χ0v) is 15.2. The number of para-hydroxylation sites is 1. The third-order valence-corrected chi connectivity index (χ3v) is 5.39. The lowest BCUT2D eigenvalue weighted by atomic mass is 9.90. The number of piperazine rings is 1. The number of aryl methyl sites for hydroxylation is 1. The van der Waals surface area contributed by atoms with Gasteiger partial charge in [0, 0.05) is 23.0 Å². The molecular formula is C22H23N3O2. The van der Waals surface area contributed by atoms with Crippen molar-refractivity contribution < 1.29 is 9.59 Å². The smallest absolute Gasteiger partial charge is 0.243 e. The maximum atomic E-state index is 12.7. The van der Waals surface area contributed by atoms with Crippen molar-refractivity contribution >= 4 is 22.7 Å². The molecule has 2 aromatic carbocycles. The monoisotopic (exact) mass is 361 g/mol. The number of fused-ring (bicyclic) bond motifs is 1. The summed E-state index contributed by atoms with van der Waals surface area (Å²) in [5.41, 5.74) is 3.23. The molecule has 1 unspecified atom stereocenters. The van der Waals surface area contributed by atoms with Crippen LogP contribution in [0.1, 0.15) is 30.4 Å². The van der Waals surface area contributed by atoms with Crippen LogP contribution in [0.25, 0.3) is 10.9 Å². The van der Waals surface area contributed by atoms with Gasteiger partial charge in [0.1, 0.15) is 12.1 Å². The zero-order chi connectivity index (χ0) is 18.8. The van der Waals surface area contributed by atoms with Gasteiger partial charge in [-0.05, 0) is 30.0 Å². The van der Waals surface area contributed by atoms with E-state index in [0.29, 0.717) is 6.42 Å². The topological polar surface area (TPSA) is 74.0 Å². The average molecular weight is 361 g/mol. The Morgan fingerprint density at radius 3 is 2.48 bits per heavy atom. The van der Waals surface area contributed by atoms with Crippen LogP contribution in [-0.2, 0) is 16.0 Å². The largest absolute Gasteiger partial charge is 0.361 e. The number of hydrogen-bond acceptors (Lipinski definition) is 2. The van der Waals surface area contributed by atoms with Gasteiger partial charge >= 0.3 is 0 Å². The first-order valence-corrected chi connectivity index (χ1v) is 9.34. The minimum atomic E-state index is -0.565. The fourth-order valence-corrected chi connectivity index (χ4v) is 3.81. The maximum absolute atomic E-state index is 12.7. The second-order valence-electron chi connectivity index (χ2n) is 7.15. The summed E-state index contributed by atoms with van der Waals surface area (Å²) >= 11 is 0. The first-order valence-electron chi connectivity index (χ1n) is 9.34. The molecule has 3 aromatic rings. The van der Waals surface area contributed by atoms with E-state index in [1.807, 2.05) is 67.7 Å². The molecule has 2 heterocycles. The van der Waals surface area contributed by atoms with E-state index in [4.69, 9.17) is 0 Å². The van der Waals surface area contributed by atoms with Crippen molar-refractivity contribution in [2.24, 2.45) is 0 Å². The van der Waals surface area contributed by atoms with Crippen LogP contribution in [0.3, 0.4) is 0 Å². The van der Waals surface area contributed by atoms with Gasteiger partial charge in [-0.2, -0.15) is 0 Å². The van der Waals surface area contributed by atoms with Gasteiger partial charge in [0.15, 0.2) is 0 Å². The summed E-state index contributed by atoms with van der Waals surface area (Å²) in [5, 5.41) is 6.94. The molecule has 0 bridgehead atoms. The molecule has 2 amide bonds. The van der Waals surface area contributed by atoms with Crippen LogP contribution < -0.4 is 10.6 Å². The van der Waals surface area contributed by atoms with E-state index in [0.717, 1.165) is 28.5 Å². The molecule has 1 saturated heterocycles. The Bertz CT molecular complexity index is 964. The van der Waals surface area contributed by atoms with Gasteiger partial charge in [0.2, 0.25) is 11.8 Å². The van der Waals surface area contributed by atoms with Crippen LogP contribution in [0.4, 0.5) is 0 Å². The van der Waals surface area contributed by atoms with Gasteiger partial charge in [-0.3, -0.25) is 9.59 Å². The molecule has 138 valence electrons. The van der Waals surface area contributed by atoms with E-state index in [-0.39, 0.29) is 17.7 Å². The summed E-state index contributed by atoms with van der Waals surface area (Å²) in [4.78, 5) is 28.5. The van der Waals surface area contributed by atoms with Crippen molar-refractivity contribution in [1.82, 2.24) is 15.6 Å². The Balaban J connectivity index is 1.45. The lowest BCUT2D eigenvalue weighted by Crippen LogP contribution is -2.63. The Morgan fingerprint density at radius 2 is 1.67 bits per heavy atom. The molecule has 0 aliphatic carbocycles. The molecule has 3 N–H and O–H groups in total. The highest BCUT2D eigenvalue weighted by Crippen LogP contribution is 2.28. The lowest BCUT2D eigenvalue weighted by molar-refractivity contribution is -0.137. The number of carbonyl (C=O) groups is 2. The van der Waals surface area contributed by atoms with Crippen LogP contribution in [0.5, 0.6) is 0 Å². The van der Waals surface area contributed by atoms with Crippen LogP contribution in [0.15, 0.2) is 60.8 Å². The number of nitrogens with one attached hydrogen (secondary N) is 3. The predicted molar refractivity (Wildman–Crippen MR) is 105 cm³/mol. The number of amides is 2. The lowest BCUT2D eigenvalue weighted by Gasteiger charge is -2.33. The number of benzene rings is 2. The van der Waals surface area contributed by atoms with E-state index in [9.17, 15) is 9.59 Å². The van der Waals surface area contributed by atoms with Gasteiger partial charge < -0.3 is 15.6 Å². The molecule has 27 heavy (non-hydrogen) atoms. The van der Waals surface area contributed by atoms with E-state index < -0.39 is 12.1 Å². The van der Waals surface area contributed by atoms with E-state index in [2.05, 4.69) is 15.6 Å². The second-order valence-corrected chi connectivity index (χ2v) is 7.15. The molecular weight excluding hydrogens is 338 g/mol. The highest BCUT2D eigenvalue weighted by Gasteiger charge is 2.37. The van der Waals surface area contributed by atoms with E-state index in [1.54, 1.807) is 0 Å². The molecule has 4 rings (SSSR count). The van der Waals surface area contributed by atoms with Gasteiger partial charge in [-0.25, -0.2) is 0 Å². The van der Waals surface area contributed by atoms with Crippen molar-refractivity contribution in [2.45, 2.75) is 37.8 Å². The molecule has 1 fully saturated rings. The number of aromatic nitrogens is 1.